The third-order valence-electron chi connectivity index (χ3n) is 6.00. The summed E-state index contributed by atoms with van der Waals surface area (Å²) in [5.74, 6) is -0.194. The molecular weight excluding hydrogens is 408 g/mol. The van der Waals surface area contributed by atoms with E-state index in [0.29, 0.717) is 16.8 Å². The van der Waals surface area contributed by atoms with Crippen LogP contribution in [0.2, 0.25) is 0 Å². The number of aryl methyl sites for hydroxylation is 2. The van der Waals surface area contributed by atoms with E-state index in [9.17, 15) is 13.2 Å². The molecule has 4 rings (SSSR count). The molecule has 160 valence electrons. The number of hydrogen-bond donors (Lipinski definition) is 1. The molecule has 0 saturated carbocycles. The third kappa shape index (κ3) is 3.83. The Morgan fingerprint density at radius 3 is 2.48 bits per heavy atom. The lowest BCUT2D eigenvalue weighted by atomic mass is 10.1. The number of para-hydroxylation sites is 1. The maximum atomic E-state index is 13.4. The van der Waals surface area contributed by atoms with Crippen molar-refractivity contribution in [2.45, 2.75) is 45.1 Å². The average Bonchev–Trinajstić information content (AvgIpc) is 3.06. The fourth-order valence-corrected chi connectivity index (χ4v) is 5.49. The van der Waals surface area contributed by atoms with Gasteiger partial charge in [0, 0.05) is 17.3 Å². The van der Waals surface area contributed by atoms with Crippen LogP contribution in [0.4, 0.5) is 11.4 Å². The Morgan fingerprint density at radius 1 is 0.968 bits per heavy atom. The number of nitrogens with zero attached hydrogens (tertiary/aromatic N) is 1. The average molecular weight is 435 g/mol. The van der Waals surface area contributed by atoms with Gasteiger partial charge in [0.1, 0.15) is 0 Å². The smallest absolute Gasteiger partial charge is 0.262 e. The van der Waals surface area contributed by atoms with Gasteiger partial charge < -0.3 is 4.90 Å². The van der Waals surface area contributed by atoms with E-state index >= 15 is 0 Å². The summed E-state index contributed by atoms with van der Waals surface area (Å²) in [6.07, 6.45) is 0.785. The van der Waals surface area contributed by atoms with E-state index in [2.05, 4.69) is 4.72 Å². The summed E-state index contributed by atoms with van der Waals surface area (Å²) in [6, 6.07) is 18.2. The van der Waals surface area contributed by atoms with Gasteiger partial charge in [0.25, 0.3) is 15.9 Å². The van der Waals surface area contributed by atoms with E-state index in [0.717, 1.165) is 28.8 Å². The first-order valence-electron chi connectivity index (χ1n) is 10.3. The monoisotopic (exact) mass is 434 g/mol. The summed E-state index contributed by atoms with van der Waals surface area (Å²) in [5, 5.41) is 0. The van der Waals surface area contributed by atoms with Crippen LogP contribution in [-0.4, -0.2) is 20.4 Å². The zero-order chi connectivity index (χ0) is 22.3. The SMILES string of the molecule is Cc1ccc(C(=O)N2c3ccccc3CC2C)cc1S(=O)(=O)Nc1cccc(C)c1C. The molecule has 0 aliphatic carbocycles. The summed E-state index contributed by atoms with van der Waals surface area (Å²) in [5.41, 5.74) is 5.37. The van der Waals surface area contributed by atoms with Crippen LogP contribution in [0.25, 0.3) is 0 Å². The molecular formula is C25H26N2O3S. The second kappa shape index (κ2) is 7.85. The van der Waals surface area contributed by atoms with E-state index < -0.39 is 10.0 Å². The topological polar surface area (TPSA) is 66.5 Å². The van der Waals surface area contributed by atoms with E-state index in [-0.39, 0.29) is 16.8 Å². The molecule has 1 aliphatic rings. The number of benzene rings is 3. The Kier molecular flexibility index (Phi) is 5.35. The van der Waals surface area contributed by atoms with Crippen molar-refractivity contribution >= 4 is 27.3 Å². The molecule has 1 aliphatic heterocycles. The van der Waals surface area contributed by atoms with Crippen LogP contribution in [0.15, 0.2) is 65.6 Å². The van der Waals surface area contributed by atoms with Gasteiger partial charge in [0.05, 0.1) is 10.6 Å². The van der Waals surface area contributed by atoms with Gasteiger partial charge in [0.2, 0.25) is 0 Å². The van der Waals surface area contributed by atoms with E-state index in [1.54, 1.807) is 30.0 Å². The number of anilines is 2. The molecule has 31 heavy (non-hydrogen) atoms. The quantitative estimate of drug-likeness (QED) is 0.628. The van der Waals surface area contributed by atoms with E-state index in [1.165, 1.54) is 6.07 Å². The van der Waals surface area contributed by atoms with Gasteiger partial charge in [-0.05, 0) is 80.6 Å². The number of amides is 1. The first-order chi connectivity index (χ1) is 14.7. The van der Waals surface area contributed by atoms with Crippen molar-refractivity contribution in [3.8, 4) is 0 Å². The van der Waals surface area contributed by atoms with Gasteiger partial charge in [-0.25, -0.2) is 8.42 Å². The fourth-order valence-electron chi connectivity index (χ4n) is 4.10. The second-order valence-corrected chi connectivity index (χ2v) is 9.84. The number of hydrogen-bond acceptors (Lipinski definition) is 3. The minimum atomic E-state index is -3.86. The van der Waals surface area contributed by atoms with Crippen LogP contribution in [-0.2, 0) is 16.4 Å². The van der Waals surface area contributed by atoms with Crippen LogP contribution in [0.1, 0.15) is 39.5 Å². The molecule has 0 aromatic heterocycles. The Labute approximate surface area is 183 Å². The van der Waals surface area contributed by atoms with Crippen LogP contribution >= 0.6 is 0 Å². The van der Waals surface area contributed by atoms with Crippen molar-refractivity contribution in [1.82, 2.24) is 0 Å². The molecule has 0 fully saturated rings. The van der Waals surface area contributed by atoms with E-state index in [1.807, 2.05) is 57.2 Å². The van der Waals surface area contributed by atoms with Gasteiger partial charge >= 0.3 is 0 Å². The largest absolute Gasteiger partial charge is 0.305 e. The van der Waals surface area contributed by atoms with Crippen molar-refractivity contribution in [3.05, 3.63) is 88.5 Å². The molecule has 3 aromatic carbocycles. The molecule has 1 N–H and O–H groups in total. The van der Waals surface area contributed by atoms with Gasteiger partial charge in [0.15, 0.2) is 0 Å². The van der Waals surface area contributed by atoms with E-state index in [4.69, 9.17) is 0 Å². The molecule has 0 spiro atoms. The van der Waals surface area contributed by atoms with Crippen molar-refractivity contribution in [2.24, 2.45) is 0 Å². The summed E-state index contributed by atoms with van der Waals surface area (Å²) < 4.78 is 29.1. The second-order valence-electron chi connectivity index (χ2n) is 8.19. The minimum absolute atomic E-state index is 0.0133. The first kappa shape index (κ1) is 21.1. The number of fused-ring (bicyclic) bond motifs is 1. The minimum Gasteiger partial charge on any atom is -0.305 e. The first-order valence-corrected chi connectivity index (χ1v) is 11.8. The lowest BCUT2D eigenvalue weighted by Crippen LogP contribution is -2.35. The van der Waals surface area contributed by atoms with Crippen molar-refractivity contribution in [1.29, 1.82) is 0 Å². The molecule has 1 atom stereocenters. The Bertz CT molecular complexity index is 1280. The highest BCUT2D eigenvalue weighted by molar-refractivity contribution is 7.92. The number of carbonyl (C=O) groups is 1. The Balaban J connectivity index is 1.70. The Morgan fingerprint density at radius 2 is 1.71 bits per heavy atom. The normalized spacial score (nSPS) is 15.6. The molecule has 0 radical (unpaired) electrons. The van der Waals surface area contributed by atoms with Crippen LogP contribution in [0.3, 0.4) is 0 Å². The molecule has 1 heterocycles. The van der Waals surface area contributed by atoms with Crippen molar-refractivity contribution in [3.63, 3.8) is 0 Å². The molecule has 3 aromatic rings. The lowest BCUT2D eigenvalue weighted by Gasteiger charge is -2.23. The van der Waals surface area contributed by atoms with Gasteiger partial charge in [-0.1, -0.05) is 36.4 Å². The summed E-state index contributed by atoms with van der Waals surface area (Å²) in [7, 11) is -3.86. The third-order valence-corrected chi connectivity index (χ3v) is 7.51. The van der Waals surface area contributed by atoms with Crippen LogP contribution in [0, 0.1) is 20.8 Å². The van der Waals surface area contributed by atoms with Crippen LogP contribution in [0.5, 0.6) is 0 Å². The number of nitrogens with one attached hydrogen (secondary N) is 1. The zero-order valence-electron chi connectivity index (χ0n) is 18.1. The highest BCUT2D eigenvalue weighted by atomic mass is 32.2. The molecule has 1 amide bonds. The maximum Gasteiger partial charge on any atom is 0.262 e. The van der Waals surface area contributed by atoms with Crippen LogP contribution < -0.4 is 9.62 Å². The predicted octanol–water partition coefficient (Wildman–Crippen LogP) is 5.00. The Hall–Kier alpha value is -3.12. The lowest BCUT2D eigenvalue weighted by molar-refractivity contribution is 0.0981. The summed E-state index contributed by atoms with van der Waals surface area (Å²) >= 11 is 0. The zero-order valence-corrected chi connectivity index (χ0v) is 19.0. The van der Waals surface area contributed by atoms with Gasteiger partial charge in [-0.3, -0.25) is 9.52 Å². The maximum absolute atomic E-state index is 13.4. The van der Waals surface area contributed by atoms with Crippen molar-refractivity contribution < 1.29 is 13.2 Å². The molecule has 6 heteroatoms. The summed E-state index contributed by atoms with van der Waals surface area (Å²) in [4.78, 5) is 15.2. The number of rotatable bonds is 4. The standard InChI is InChI=1S/C25H26N2O3S/c1-16-8-7-10-22(19(16)4)26-31(29,30)24-15-21(13-12-17(24)2)25(28)27-18(3)14-20-9-5-6-11-23(20)27/h5-13,15,18,26H,14H2,1-4H3. The molecule has 0 saturated heterocycles. The molecule has 5 nitrogen and oxygen atoms in total. The highest BCUT2D eigenvalue weighted by Crippen LogP contribution is 2.33. The van der Waals surface area contributed by atoms with Gasteiger partial charge in [-0.15, -0.1) is 0 Å². The van der Waals surface area contributed by atoms with Crippen molar-refractivity contribution in [2.75, 3.05) is 9.62 Å². The summed E-state index contributed by atoms with van der Waals surface area (Å²) in [6.45, 7) is 7.56. The predicted molar refractivity (Wildman–Crippen MR) is 124 cm³/mol. The molecule has 0 bridgehead atoms. The van der Waals surface area contributed by atoms with Gasteiger partial charge in [-0.2, -0.15) is 0 Å². The number of carbonyl (C=O) groups excluding carboxylic acids is 1. The number of sulfonamides is 1. The fraction of sp³-hybridized carbons (Fsp3) is 0.240. The highest BCUT2D eigenvalue weighted by Gasteiger charge is 2.32. The molecule has 1 unspecified atom stereocenters.